The highest BCUT2D eigenvalue weighted by Crippen LogP contribution is 2.35. The topological polar surface area (TPSA) is 29.5 Å². The molecule has 4 heteroatoms. The zero-order valence-electron chi connectivity index (χ0n) is 11.6. The van der Waals surface area contributed by atoms with Gasteiger partial charge < -0.3 is 9.84 Å². The molecule has 0 saturated carbocycles. The minimum absolute atomic E-state index is 0.714. The number of halogens is 2. The molecular formula is C16H16Br2O2. The monoisotopic (exact) mass is 398 g/mol. The first-order valence-electron chi connectivity index (χ1n) is 6.21. The standard InChI is InChI=1S/C16H16Br2O2/c1-9-4-10(2)15(14(5-9)20-3)16(19)11-6-12(17)8-13(18)7-11/h4-8,16,19H,1-3H3. The third kappa shape index (κ3) is 3.25. The fraction of sp³-hybridized carbons (Fsp3) is 0.250. The van der Waals surface area contributed by atoms with Crippen LogP contribution in [0.25, 0.3) is 0 Å². The van der Waals surface area contributed by atoms with Crippen LogP contribution in [0.2, 0.25) is 0 Å². The first kappa shape index (κ1) is 15.5. The minimum Gasteiger partial charge on any atom is -0.496 e. The van der Waals surface area contributed by atoms with Crippen molar-refractivity contribution in [3.8, 4) is 5.75 Å². The Balaban J connectivity index is 2.55. The molecule has 1 unspecified atom stereocenters. The molecular weight excluding hydrogens is 384 g/mol. The van der Waals surface area contributed by atoms with Crippen molar-refractivity contribution in [3.05, 3.63) is 61.5 Å². The Bertz CT molecular complexity index is 618. The Morgan fingerprint density at radius 3 is 2.15 bits per heavy atom. The molecule has 0 fully saturated rings. The van der Waals surface area contributed by atoms with Crippen molar-refractivity contribution in [1.29, 1.82) is 0 Å². The number of ether oxygens (including phenoxy) is 1. The number of aliphatic hydroxyl groups is 1. The summed E-state index contributed by atoms with van der Waals surface area (Å²) in [5.74, 6) is 0.714. The Morgan fingerprint density at radius 2 is 1.60 bits per heavy atom. The van der Waals surface area contributed by atoms with E-state index in [2.05, 4.69) is 31.9 Å². The quantitative estimate of drug-likeness (QED) is 0.793. The molecule has 0 bridgehead atoms. The van der Waals surface area contributed by atoms with Gasteiger partial charge in [-0.05, 0) is 54.8 Å². The van der Waals surface area contributed by atoms with E-state index in [9.17, 15) is 5.11 Å². The third-order valence-corrected chi connectivity index (χ3v) is 4.10. The van der Waals surface area contributed by atoms with Crippen LogP contribution in [0.5, 0.6) is 5.75 Å². The van der Waals surface area contributed by atoms with Gasteiger partial charge in [0.25, 0.3) is 0 Å². The van der Waals surface area contributed by atoms with Gasteiger partial charge in [-0.3, -0.25) is 0 Å². The summed E-state index contributed by atoms with van der Waals surface area (Å²) in [6.45, 7) is 4.00. The highest BCUT2D eigenvalue weighted by Gasteiger charge is 2.19. The van der Waals surface area contributed by atoms with Gasteiger partial charge in [0.2, 0.25) is 0 Å². The molecule has 2 nitrogen and oxygen atoms in total. The average Bonchev–Trinajstić information content (AvgIpc) is 2.35. The number of aliphatic hydroxyl groups excluding tert-OH is 1. The zero-order chi connectivity index (χ0) is 14.9. The van der Waals surface area contributed by atoms with Crippen LogP contribution in [0.15, 0.2) is 39.3 Å². The van der Waals surface area contributed by atoms with Gasteiger partial charge in [-0.25, -0.2) is 0 Å². The van der Waals surface area contributed by atoms with Crippen molar-refractivity contribution < 1.29 is 9.84 Å². The van der Waals surface area contributed by atoms with E-state index in [0.717, 1.165) is 31.2 Å². The van der Waals surface area contributed by atoms with Crippen LogP contribution in [0.3, 0.4) is 0 Å². The van der Waals surface area contributed by atoms with Crippen LogP contribution in [0, 0.1) is 13.8 Å². The molecule has 0 amide bonds. The highest BCUT2D eigenvalue weighted by atomic mass is 79.9. The molecule has 1 N–H and O–H groups in total. The average molecular weight is 400 g/mol. The van der Waals surface area contributed by atoms with Gasteiger partial charge in [0, 0.05) is 14.5 Å². The molecule has 0 radical (unpaired) electrons. The van der Waals surface area contributed by atoms with E-state index < -0.39 is 6.10 Å². The maximum atomic E-state index is 10.7. The van der Waals surface area contributed by atoms with E-state index >= 15 is 0 Å². The summed E-state index contributed by atoms with van der Waals surface area (Å²) in [6, 6.07) is 9.75. The Labute approximate surface area is 136 Å². The van der Waals surface area contributed by atoms with E-state index in [1.807, 2.05) is 44.2 Å². The van der Waals surface area contributed by atoms with Crippen molar-refractivity contribution in [3.63, 3.8) is 0 Å². The maximum absolute atomic E-state index is 10.7. The molecule has 0 aliphatic carbocycles. The molecule has 2 aromatic rings. The van der Waals surface area contributed by atoms with Gasteiger partial charge >= 0.3 is 0 Å². The minimum atomic E-state index is -0.723. The van der Waals surface area contributed by atoms with Gasteiger partial charge in [0.05, 0.1) is 7.11 Å². The lowest BCUT2D eigenvalue weighted by Gasteiger charge is -2.19. The van der Waals surface area contributed by atoms with E-state index in [1.54, 1.807) is 7.11 Å². The number of methoxy groups -OCH3 is 1. The number of hydrogen-bond donors (Lipinski definition) is 1. The lowest BCUT2D eigenvalue weighted by atomic mass is 9.95. The van der Waals surface area contributed by atoms with E-state index in [-0.39, 0.29) is 0 Å². The van der Waals surface area contributed by atoms with Crippen LogP contribution in [-0.2, 0) is 0 Å². The molecule has 106 valence electrons. The molecule has 0 aliphatic heterocycles. The fourth-order valence-electron chi connectivity index (χ4n) is 2.36. The summed E-state index contributed by atoms with van der Waals surface area (Å²) in [5.41, 5.74) is 3.76. The molecule has 20 heavy (non-hydrogen) atoms. The summed E-state index contributed by atoms with van der Waals surface area (Å²) < 4.78 is 7.27. The number of rotatable bonds is 3. The second kappa shape index (κ2) is 6.29. The molecule has 0 aromatic heterocycles. The third-order valence-electron chi connectivity index (χ3n) is 3.19. The summed E-state index contributed by atoms with van der Waals surface area (Å²) in [6.07, 6.45) is -0.723. The van der Waals surface area contributed by atoms with Crippen molar-refractivity contribution >= 4 is 31.9 Å². The van der Waals surface area contributed by atoms with E-state index in [0.29, 0.717) is 5.75 Å². The van der Waals surface area contributed by atoms with Crippen LogP contribution in [0.4, 0.5) is 0 Å². The molecule has 0 saturated heterocycles. The second-order valence-corrected chi connectivity index (χ2v) is 6.63. The Hall–Kier alpha value is -0.840. The normalized spacial score (nSPS) is 12.3. The van der Waals surface area contributed by atoms with Crippen molar-refractivity contribution in [2.45, 2.75) is 20.0 Å². The highest BCUT2D eigenvalue weighted by molar-refractivity contribution is 9.11. The molecule has 0 aliphatic rings. The predicted octanol–water partition coefficient (Wildman–Crippen LogP) is 4.92. The van der Waals surface area contributed by atoms with Crippen LogP contribution in [-0.4, -0.2) is 12.2 Å². The van der Waals surface area contributed by atoms with E-state index in [1.165, 1.54) is 0 Å². The predicted molar refractivity (Wildman–Crippen MR) is 88.4 cm³/mol. The van der Waals surface area contributed by atoms with Crippen LogP contribution < -0.4 is 4.74 Å². The van der Waals surface area contributed by atoms with Gasteiger partial charge in [0.1, 0.15) is 11.9 Å². The number of aryl methyl sites for hydroxylation is 2. The van der Waals surface area contributed by atoms with Gasteiger partial charge in [-0.1, -0.05) is 37.9 Å². The lowest BCUT2D eigenvalue weighted by Crippen LogP contribution is -2.05. The van der Waals surface area contributed by atoms with Gasteiger partial charge in [-0.2, -0.15) is 0 Å². The summed E-state index contributed by atoms with van der Waals surface area (Å²) >= 11 is 6.89. The Kier molecular flexibility index (Phi) is 4.89. The van der Waals surface area contributed by atoms with Gasteiger partial charge in [0.15, 0.2) is 0 Å². The molecule has 0 heterocycles. The Morgan fingerprint density at radius 1 is 1.00 bits per heavy atom. The van der Waals surface area contributed by atoms with Crippen molar-refractivity contribution in [2.75, 3.05) is 7.11 Å². The number of benzene rings is 2. The summed E-state index contributed by atoms with van der Waals surface area (Å²) in [7, 11) is 1.63. The second-order valence-electron chi connectivity index (χ2n) is 4.80. The van der Waals surface area contributed by atoms with Crippen LogP contribution in [0.1, 0.15) is 28.4 Å². The van der Waals surface area contributed by atoms with Crippen molar-refractivity contribution in [2.24, 2.45) is 0 Å². The maximum Gasteiger partial charge on any atom is 0.125 e. The first-order valence-corrected chi connectivity index (χ1v) is 7.80. The molecule has 1 atom stereocenters. The SMILES string of the molecule is COc1cc(C)cc(C)c1C(O)c1cc(Br)cc(Br)c1. The molecule has 2 rings (SSSR count). The lowest BCUT2D eigenvalue weighted by molar-refractivity contribution is 0.213. The first-order chi connectivity index (χ1) is 9.42. The van der Waals surface area contributed by atoms with Crippen LogP contribution >= 0.6 is 31.9 Å². The zero-order valence-corrected chi connectivity index (χ0v) is 14.7. The number of hydrogen-bond acceptors (Lipinski definition) is 2. The van der Waals surface area contributed by atoms with Gasteiger partial charge in [-0.15, -0.1) is 0 Å². The molecule has 2 aromatic carbocycles. The largest absolute Gasteiger partial charge is 0.496 e. The summed E-state index contributed by atoms with van der Waals surface area (Å²) in [4.78, 5) is 0. The molecule has 0 spiro atoms. The van der Waals surface area contributed by atoms with Crippen molar-refractivity contribution in [1.82, 2.24) is 0 Å². The summed E-state index contributed by atoms with van der Waals surface area (Å²) in [5, 5.41) is 10.7. The smallest absolute Gasteiger partial charge is 0.125 e. The fourth-order valence-corrected chi connectivity index (χ4v) is 3.69. The van der Waals surface area contributed by atoms with E-state index in [4.69, 9.17) is 4.74 Å².